The summed E-state index contributed by atoms with van der Waals surface area (Å²) in [6, 6.07) is 17.0. The molecular weight excluding hydrogens is 478 g/mol. The second kappa shape index (κ2) is 9.68. The molecule has 0 bridgehead atoms. The van der Waals surface area contributed by atoms with Gasteiger partial charge in [-0.1, -0.05) is 30.3 Å². The van der Waals surface area contributed by atoms with E-state index in [9.17, 15) is 14.4 Å². The van der Waals surface area contributed by atoms with Crippen LogP contribution in [-0.2, 0) is 27.2 Å². The van der Waals surface area contributed by atoms with Crippen molar-refractivity contribution in [3.8, 4) is 11.1 Å². The van der Waals surface area contributed by atoms with E-state index in [1.165, 1.54) is 17.5 Å². The summed E-state index contributed by atoms with van der Waals surface area (Å²) in [5, 5.41) is 4.51. The first kappa shape index (κ1) is 24.3. The Morgan fingerprint density at radius 1 is 1.03 bits per heavy atom. The van der Waals surface area contributed by atoms with Crippen molar-refractivity contribution in [1.82, 2.24) is 14.9 Å². The van der Waals surface area contributed by atoms with Crippen LogP contribution in [0.25, 0.3) is 11.1 Å². The van der Waals surface area contributed by atoms with Crippen LogP contribution in [0.5, 0.6) is 0 Å². The summed E-state index contributed by atoms with van der Waals surface area (Å²) < 4.78 is 0. The smallest absolute Gasteiger partial charge is 0.248 e. The molecule has 6 rings (SSSR count). The SMILES string of the molecule is CC(=O)C1c2cc(-c3ccc4c(c3)CCC4)ccc2NN1CC(=O)N1CC[C@H]1C(=O)Nc1cccc(C)n1. The van der Waals surface area contributed by atoms with Crippen molar-refractivity contribution in [1.29, 1.82) is 0 Å². The van der Waals surface area contributed by atoms with Crippen molar-refractivity contribution in [3.63, 3.8) is 0 Å². The van der Waals surface area contributed by atoms with Gasteiger partial charge < -0.3 is 15.6 Å². The van der Waals surface area contributed by atoms with Crippen LogP contribution in [0.15, 0.2) is 54.6 Å². The summed E-state index contributed by atoms with van der Waals surface area (Å²) in [7, 11) is 0. The lowest BCUT2D eigenvalue weighted by Crippen LogP contribution is -2.59. The van der Waals surface area contributed by atoms with Gasteiger partial charge in [-0.15, -0.1) is 0 Å². The number of nitrogens with one attached hydrogen (secondary N) is 2. The summed E-state index contributed by atoms with van der Waals surface area (Å²) in [6.45, 7) is 3.90. The van der Waals surface area contributed by atoms with E-state index in [0.29, 0.717) is 18.8 Å². The number of rotatable bonds is 6. The van der Waals surface area contributed by atoms with Gasteiger partial charge >= 0.3 is 0 Å². The first-order valence-corrected chi connectivity index (χ1v) is 13.2. The number of fused-ring (bicyclic) bond motifs is 2. The number of nitrogens with zero attached hydrogens (tertiary/aromatic N) is 3. The molecule has 1 saturated heterocycles. The Morgan fingerprint density at radius 3 is 2.58 bits per heavy atom. The minimum absolute atomic E-state index is 0.0143. The monoisotopic (exact) mass is 509 g/mol. The van der Waals surface area contributed by atoms with Crippen LogP contribution >= 0.6 is 0 Å². The molecular formula is C30H31N5O3. The van der Waals surface area contributed by atoms with Gasteiger partial charge in [0.15, 0.2) is 5.78 Å². The molecule has 0 spiro atoms. The van der Waals surface area contributed by atoms with Crippen molar-refractivity contribution < 1.29 is 14.4 Å². The van der Waals surface area contributed by atoms with E-state index in [4.69, 9.17) is 0 Å². The minimum Gasteiger partial charge on any atom is -0.329 e. The number of anilines is 2. The number of hydrazine groups is 1. The van der Waals surface area contributed by atoms with Crippen LogP contribution in [0.1, 0.15) is 48.2 Å². The number of amides is 2. The Kier molecular flexibility index (Phi) is 6.19. The number of benzene rings is 2. The van der Waals surface area contributed by atoms with E-state index in [2.05, 4.69) is 46.1 Å². The standard InChI is InChI=1S/C30H31N5O3/c1-18-5-3-8-27(31-18)32-30(38)26-13-14-34(26)28(37)17-35-29(19(2)36)24-16-23(11-12-25(24)33-35)22-10-9-20-6-4-7-21(20)15-22/h3,5,8-12,15-16,26,29,33H,4,6-7,13-14,17H2,1-2H3,(H,31,32,38)/t26-,29?/m0/s1. The Bertz CT molecular complexity index is 1450. The molecule has 1 aromatic heterocycles. The van der Waals surface area contributed by atoms with E-state index in [1.807, 2.05) is 25.1 Å². The predicted octanol–water partition coefficient (Wildman–Crippen LogP) is 4.06. The fraction of sp³-hybridized carbons (Fsp3) is 0.333. The Balaban J connectivity index is 1.16. The van der Waals surface area contributed by atoms with Crippen LogP contribution in [-0.4, -0.2) is 51.6 Å². The zero-order valence-corrected chi connectivity index (χ0v) is 21.7. The van der Waals surface area contributed by atoms with Crippen molar-refractivity contribution in [2.45, 2.75) is 51.6 Å². The van der Waals surface area contributed by atoms with Gasteiger partial charge in [-0.2, -0.15) is 5.01 Å². The van der Waals surface area contributed by atoms with Crippen molar-refractivity contribution in [2.24, 2.45) is 0 Å². The van der Waals surface area contributed by atoms with Crippen molar-refractivity contribution >= 4 is 29.1 Å². The van der Waals surface area contributed by atoms with Gasteiger partial charge in [-0.25, -0.2) is 4.98 Å². The molecule has 3 heterocycles. The summed E-state index contributed by atoms with van der Waals surface area (Å²) in [5.74, 6) is -0.0122. The zero-order chi connectivity index (χ0) is 26.4. The number of likely N-dealkylation sites (tertiary alicyclic amines) is 1. The molecule has 3 aromatic rings. The van der Waals surface area contributed by atoms with Gasteiger partial charge in [-0.3, -0.25) is 14.4 Å². The number of aryl methyl sites for hydroxylation is 3. The first-order chi connectivity index (χ1) is 18.4. The van der Waals surface area contributed by atoms with Crippen LogP contribution in [0.3, 0.4) is 0 Å². The van der Waals surface area contributed by atoms with E-state index in [1.54, 1.807) is 22.9 Å². The third-order valence-electron chi connectivity index (χ3n) is 7.83. The highest BCUT2D eigenvalue weighted by atomic mass is 16.2. The van der Waals surface area contributed by atoms with E-state index < -0.39 is 12.1 Å². The third-order valence-corrected chi connectivity index (χ3v) is 7.83. The van der Waals surface area contributed by atoms with Crippen LogP contribution < -0.4 is 10.7 Å². The molecule has 2 aromatic carbocycles. The Morgan fingerprint density at radius 2 is 1.82 bits per heavy atom. The van der Waals surface area contributed by atoms with Crippen LogP contribution in [0.2, 0.25) is 0 Å². The molecule has 1 fully saturated rings. The normalized spacial score (nSPS) is 19.8. The molecule has 2 aliphatic heterocycles. The fourth-order valence-corrected chi connectivity index (χ4v) is 5.80. The number of aromatic nitrogens is 1. The maximum Gasteiger partial charge on any atom is 0.248 e. The molecule has 8 heteroatoms. The number of Topliss-reactive ketones (excluding diaryl/α,β-unsaturated/α-hetero) is 1. The molecule has 2 N–H and O–H groups in total. The molecule has 2 atom stereocenters. The van der Waals surface area contributed by atoms with Gasteiger partial charge in [0, 0.05) is 17.8 Å². The summed E-state index contributed by atoms with van der Waals surface area (Å²) in [5.41, 5.74) is 10.8. The van der Waals surface area contributed by atoms with Gasteiger partial charge in [0.2, 0.25) is 11.8 Å². The molecule has 2 amide bonds. The molecule has 8 nitrogen and oxygen atoms in total. The van der Waals surface area contributed by atoms with Gasteiger partial charge in [0.05, 0.1) is 12.2 Å². The average molecular weight is 510 g/mol. The first-order valence-electron chi connectivity index (χ1n) is 13.2. The lowest BCUT2D eigenvalue weighted by Gasteiger charge is -2.40. The molecule has 0 radical (unpaired) electrons. The highest BCUT2D eigenvalue weighted by Crippen LogP contribution is 2.39. The van der Waals surface area contributed by atoms with Crippen LogP contribution in [0, 0.1) is 6.92 Å². The van der Waals surface area contributed by atoms with Gasteiger partial charge in [-0.05, 0) is 86.1 Å². The number of ketones is 1. The fourth-order valence-electron chi connectivity index (χ4n) is 5.80. The number of hydrogen-bond donors (Lipinski definition) is 2. The number of hydrogen-bond acceptors (Lipinski definition) is 6. The zero-order valence-electron chi connectivity index (χ0n) is 21.7. The number of carbonyl (C=O) groups excluding carboxylic acids is 3. The average Bonchev–Trinajstić information content (AvgIpc) is 3.46. The van der Waals surface area contributed by atoms with Crippen molar-refractivity contribution in [2.75, 3.05) is 23.8 Å². The maximum absolute atomic E-state index is 13.3. The second-order valence-electron chi connectivity index (χ2n) is 10.4. The lowest BCUT2D eigenvalue weighted by atomic mass is 9.95. The highest BCUT2D eigenvalue weighted by molar-refractivity contribution is 5.98. The lowest BCUT2D eigenvalue weighted by molar-refractivity contribution is -0.146. The molecule has 1 aliphatic carbocycles. The number of pyridine rings is 1. The quantitative estimate of drug-likeness (QED) is 0.521. The second-order valence-corrected chi connectivity index (χ2v) is 10.4. The molecule has 1 unspecified atom stereocenters. The molecule has 194 valence electrons. The maximum atomic E-state index is 13.3. The predicted molar refractivity (Wildman–Crippen MR) is 145 cm³/mol. The summed E-state index contributed by atoms with van der Waals surface area (Å²) in [4.78, 5) is 44.7. The molecule has 38 heavy (non-hydrogen) atoms. The molecule has 0 saturated carbocycles. The Hall–Kier alpha value is -4.04. The molecule has 3 aliphatic rings. The summed E-state index contributed by atoms with van der Waals surface area (Å²) >= 11 is 0. The summed E-state index contributed by atoms with van der Waals surface area (Å²) in [6.07, 6.45) is 4.04. The van der Waals surface area contributed by atoms with Gasteiger partial charge in [0.25, 0.3) is 0 Å². The number of carbonyl (C=O) groups is 3. The largest absolute Gasteiger partial charge is 0.329 e. The van der Waals surface area contributed by atoms with Crippen molar-refractivity contribution in [3.05, 3.63) is 77.0 Å². The third kappa shape index (κ3) is 4.45. The van der Waals surface area contributed by atoms with Gasteiger partial charge in [0.1, 0.15) is 17.9 Å². The topological polar surface area (TPSA) is 94.6 Å². The minimum atomic E-state index is -0.576. The highest BCUT2D eigenvalue weighted by Gasteiger charge is 2.41. The van der Waals surface area contributed by atoms with E-state index in [-0.39, 0.29) is 24.1 Å². The van der Waals surface area contributed by atoms with E-state index in [0.717, 1.165) is 40.9 Å². The van der Waals surface area contributed by atoms with Crippen LogP contribution in [0.4, 0.5) is 11.5 Å². The van der Waals surface area contributed by atoms with E-state index >= 15 is 0 Å². The Labute approximate surface area is 222 Å².